The van der Waals surface area contributed by atoms with E-state index in [1.54, 1.807) is 0 Å². The molecule has 29 heavy (non-hydrogen) atoms. The first-order valence-corrected chi connectivity index (χ1v) is 10.2. The Bertz CT molecular complexity index is 988. The number of fused-ring (bicyclic) bond motifs is 1. The lowest BCUT2D eigenvalue weighted by Crippen LogP contribution is -2.43. The fourth-order valence-corrected chi connectivity index (χ4v) is 3.72. The van der Waals surface area contributed by atoms with E-state index >= 15 is 0 Å². The van der Waals surface area contributed by atoms with Crippen LogP contribution >= 0.6 is 0 Å². The molecule has 0 amide bonds. The van der Waals surface area contributed by atoms with Crippen molar-refractivity contribution in [3.63, 3.8) is 0 Å². The van der Waals surface area contributed by atoms with Crippen LogP contribution in [0.3, 0.4) is 0 Å². The minimum Gasteiger partial charge on any atom is -0.489 e. The largest absolute Gasteiger partial charge is 0.489 e. The molecule has 0 saturated heterocycles. The predicted molar refractivity (Wildman–Crippen MR) is 117 cm³/mol. The average molecular weight is 388 g/mol. The Labute approximate surface area is 173 Å². The predicted octanol–water partition coefficient (Wildman–Crippen LogP) is 6.38. The van der Waals surface area contributed by atoms with Gasteiger partial charge in [0.15, 0.2) is 5.75 Å². The summed E-state index contributed by atoms with van der Waals surface area (Å²) in [6.07, 6.45) is 0. The van der Waals surface area contributed by atoms with Gasteiger partial charge in [-0.1, -0.05) is 42.5 Å². The van der Waals surface area contributed by atoms with Crippen molar-refractivity contribution in [1.29, 1.82) is 0 Å². The summed E-state index contributed by atoms with van der Waals surface area (Å²) in [5.41, 5.74) is 6.00. The quantitative estimate of drug-likeness (QED) is 0.518. The van der Waals surface area contributed by atoms with Crippen molar-refractivity contribution < 1.29 is 9.57 Å². The molecule has 3 aromatic carbocycles. The van der Waals surface area contributed by atoms with E-state index in [0.29, 0.717) is 6.61 Å². The molecule has 0 fully saturated rings. The van der Waals surface area contributed by atoms with Crippen LogP contribution in [0, 0.1) is 13.8 Å². The topological polar surface area (TPSA) is 21.7 Å². The third kappa shape index (κ3) is 4.01. The van der Waals surface area contributed by atoms with Crippen molar-refractivity contribution >= 4 is 0 Å². The van der Waals surface area contributed by atoms with Crippen molar-refractivity contribution in [1.82, 2.24) is 5.06 Å². The standard InChI is InChI=1S/C26H29NO2/c1-18-15-23-24(16-19(18)2)29-27(26(3,4)5)25(23)21-11-13-22(14-12-21)28-17-20-9-7-6-8-10-20/h6-16,25H,17H2,1-5H3. The zero-order chi connectivity index (χ0) is 20.6. The molecular weight excluding hydrogens is 358 g/mol. The molecule has 0 spiro atoms. The maximum absolute atomic E-state index is 6.31. The van der Waals surface area contributed by atoms with Gasteiger partial charge in [0.1, 0.15) is 18.4 Å². The number of benzene rings is 3. The molecule has 4 rings (SSSR count). The van der Waals surface area contributed by atoms with Gasteiger partial charge in [0.2, 0.25) is 0 Å². The van der Waals surface area contributed by atoms with E-state index in [2.05, 4.69) is 88.2 Å². The highest BCUT2D eigenvalue weighted by Crippen LogP contribution is 2.46. The van der Waals surface area contributed by atoms with Gasteiger partial charge < -0.3 is 9.57 Å². The van der Waals surface area contributed by atoms with Gasteiger partial charge in [-0.25, -0.2) is 0 Å². The molecule has 0 aliphatic carbocycles. The van der Waals surface area contributed by atoms with Crippen molar-refractivity contribution in [2.75, 3.05) is 0 Å². The SMILES string of the molecule is Cc1cc2c(cc1C)C(c1ccc(OCc3ccccc3)cc1)N(C(C)(C)C)O2. The number of hydrogen-bond donors (Lipinski definition) is 0. The molecule has 1 aliphatic heterocycles. The fourth-order valence-electron chi connectivity index (χ4n) is 3.72. The molecule has 0 N–H and O–H groups in total. The van der Waals surface area contributed by atoms with Gasteiger partial charge in [0, 0.05) is 11.1 Å². The summed E-state index contributed by atoms with van der Waals surface area (Å²) in [6, 6.07) is 23.1. The molecule has 1 aliphatic rings. The number of nitrogens with zero attached hydrogens (tertiary/aromatic N) is 1. The van der Waals surface area contributed by atoms with Crippen molar-refractivity contribution in [2.45, 2.75) is 52.8 Å². The number of aryl methyl sites for hydroxylation is 2. The minimum absolute atomic E-state index is 0.0625. The van der Waals surface area contributed by atoms with E-state index in [0.717, 1.165) is 11.5 Å². The molecule has 3 aromatic rings. The molecule has 0 saturated carbocycles. The van der Waals surface area contributed by atoms with E-state index in [1.165, 1.54) is 27.8 Å². The summed E-state index contributed by atoms with van der Waals surface area (Å²) in [7, 11) is 0. The summed E-state index contributed by atoms with van der Waals surface area (Å²) < 4.78 is 5.96. The van der Waals surface area contributed by atoms with Crippen molar-refractivity contribution in [3.05, 3.63) is 94.5 Å². The van der Waals surface area contributed by atoms with Crippen LogP contribution in [0.4, 0.5) is 0 Å². The zero-order valence-corrected chi connectivity index (χ0v) is 17.9. The first-order valence-electron chi connectivity index (χ1n) is 10.2. The van der Waals surface area contributed by atoms with E-state index in [1.807, 2.05) is 18.2 Å². The van der Waals surface area contributed by atoms with E-state index in [4.69, 9.17) is 9.57 Å². The van der Waals surface area contributed by atoms with Gasteiger partial charge in [0.05, 0.1) is 0 Å². The normalized spacial score (nSPS) is 16.4. The van der Waals surface area contributed by atoms with Crippen molar-refractivity contribution in [2.24, 2.45) is 0 Å². The maximum atomic E-state index is 6.31. The van der Waals surface area contributed by atoms with Crippen LogP contribution in [0.25, 0.3) is 0 Å². The Morgan fingerprint density at radius 1 is 0.897 bits per heavy atom. The smallest absolute Gasteiger partial charge is 0.153 e. The summed E-state index contributed by atoms with van der Waals surface area (Å²) >= 11 is 0. The second kappa shape index (κ2) is 7.57. The summed E-state index contributed by atoms with van der Waals surface area (Å²) in [5.74, 6) is 1.83. The Morgan fingerprint density at radius 3 is 2.21 bits per heavy atom. The van der Waals surface area contributed by atoms with Crippen LogP contribution in [-0.2, 0) is 6.61 Å². The monoisotopic (exact) mass is 387 g/mol. The second-order valence-electron chi connectivity index (χ2n) is 8.81. The Kier molecular flexibility index (Phi) is 5.10. The third-order valence-corrected chi connectivity index (χ3v) is 5.46. The fraction of sp³-hybridized carbons (Fsp3) is 0.308. The number of hydrogen-bond acceptors (Lipinski definition) is 3. The van der Waals surface area contributed by atoms with Crippen LogP contribution < -0.4 is 9.57 Å². The Balaban J connectivity index is 1.61. The highest BCUT2D eigenvalue weighted by molar-refractivity contribution is 5.49. The Hall–Kier alpha value is -2.78. The first kappa shape index (κ1) is 19.5. The maximum Gasteiger partial charge on any atom is 0.153 e. The summed E-state index contributed by atoms with van der Waals surface area (Å²) in [4.78, 5) is 6.31. The summed E-state index contributed by atoms with van der Waals surface area (Å²) in [6.45, 7) is 11.4. The van der Waals surface area contributed by atoms with Gasteiger partial charge in [0.25, 0.3) is 0 Å². The molecule has 1 unspecified atom stereocenters. The van der Waals surface area contributed by atoms with Gasteiger partial charge >= 0.3 is 0 Å². The summed E-state index contributed by atoms with van der Waals surface area (Å²) in [5, 5.41) is 2.11. The molecule has 1 heterocycles. The van der Waals surface area contributed by atoms with Gasteiger partial charge in [-0.05, 0) is 81.1 Å². The average Bonchev–Trinajstić information content (AvgIpc) is 3.07. The molecule has 3 heteroatoms. The molecule has 1 atom stereocenters. The van der Waals surface area contributed by atoms with Crippen LogP contribution in [0.1, 0.15) is 54.6 Å². The van der Waals surface area contributed by atoms with Crippen LogP contribution in [0.15, 0.2) is 66.7 Å². The van der Waals surface area contributed by atoms with E-state index in [-0.39, 0.29) is 11.6 Å². The molecule has 150 valence electrons. The molecule has 0 bridgehead atoms. The van der Waals surface area contributed by atoms with Crippen LogP contribution in [-0.4, -0.2) is 10.6 Å². The third-order valence-electron chi connectivity index (χ3n) is 5.46. The Morgan fingerprint density at radius 2 is 1.55 bits per heavy atom. The molecule has 0 aromatic heterocycles. The highest BCUT2D eigenvalue weighted by Gasteiger charge is 2.40. The minimum atomic E-state index is -0.131. The molecule has 3 nitrogen and oxygen atoms in total. The van der Waals surface area contributed by atoms with Crippen LogP contribution in [0.5, 0.6) is 11.5 Å². The molecule has 0 radical (unpaired) electrons. The lowest BCUT2D eigenvalue weighted by Gasteiger charge is -2.34. The molecular formula is C26H29NO2. The van der Waals surface area contributed by atoms with Crippen molar-refractivity contribution in [3.8, 4) is 11.5 Å². The van der Waals surface area contributed by atoms with E-state index < -0.39 is 0 Å². The second-order valence-corrected chi connectivity index (χ2v) is 8.81. The highest BCUT2D eigenvalue weighted by atomic mass is 16.7. The number of ether oxygens (including phenoxy) is 1. The lowest BCUT2D eigenvalue weighted by molar-refractivity contribution is -0.128. The van der Waals surface area contributed by atoms with E-state index in [9.17, 15) is 0 Å². The number of rotatable bonds is 4. The number of hydroxylamine groups is 2. The zero-order valence-electron chi connectivity index (χ0n) is 17.9. The van der Waals surface area contributed by atoms with Gasteiger partial charge in [-0.2, -0.15) is 0 Å². The first-order chi connectivity index (χ1) is 13.8. The lowest BCUT2D eigenvalue weighted by atomic mass is 9.93. The van der Waals surface area contributed by atoms with Gasteiger partial charge in [-0.3, -0.25) is 0 Å². The van der Waals surface area contributed by atoms with Gasteiger partial charge in [-0.15, -0.1) is 5.06 Å². The van der Waals surface area contributed by atoms with Crippen LogP contribution in [0.2, 0.25) is 0 Å².